The summed E-state index contributed by atoms with van der Waals surface area (Å²) in [4.78, 5) is 13.7. The maximum Gasteiger partial charge on any atom is 0.418 e. The van der Waals surface area contributed by atoms with E-state index in [1.165, 1.54) is 12.1 Å². The number of hydrogen-bond acceptors (Lipinski definition) is 5. The summed E-state index contributed by atoms with van der Waals surface area (Å²) >= 11 is 6.20. The molecule has 0 bridgehead atoms. The number of rotatable bonds is 10. The molecule has 0 unspecified atom stereocenters. The van der Waals surface area contributed by atoms with Crippen molar-refractivity contribution in [2.45, 2.75) is 26.2 Å². The summed E-state index contributed by atoms with van der Waals surface area (Å²) in [6.45, 7) is 2.46. The lowest BCUT2D eigenvalue weighted by molar-refractivity contribution is -0.138. The highest BCUT2D eigenvalue weighted by Gasteiger charge is 2.36. The second kappa shape index (κ2) is 12.5. The third kappa shape index (κ3) is 7.67. The summed E-state index contributed by atoms with van der Waals surface area (Å²) < 4.78 is 56.9. The van der Waals surface area contributed by atoms with Crippen molar-refractivity contribution in [3.63, 3.8) is 0 Å². The van der Waals surface area contributed by atoms with Crippen LogP contribution in [-0.4, -0.2) is 26.8 Å². The Kier molecular flexibility index (Phi) is 9.47. The molecule has 0 saturated heterocycles. The first-order valence-electron chi connectivity index (χ1n) is 11.4. The van der Waals surface area contributed by atoms with E-state index in [4.69, 9.17) is 25.8 Å². The maximum atomic E-state index is 13.9. The largest absolute Gasteiger partial charge is 0.497 e. The van der Waals surface area contributed by atoms with Gasteiger partial charge >= 0.3 is 12.1 Å². The zero-order valence-corrected chi connectivity index (χ0v) is 21.4. The fourth-order valence-corrected chi connectivity index (χ4v) is 4.04. The normalized spacial score (nSPS) is 11.4. The lowest BCUT2D eigenvalue weighted by Gasteiger charge is -2.27. The number of halogens is 4. The van der Waals surface area contributed by atoms with E-state index in [1.54, 1.807) is 21.1 Å². The molecular formula is C28H27ClF3NO4. The SMILES string of the molecule is CCOC(=O)/C=C/c1cc(N(Cc2ccc(OC)cc2)Cc2ccc(OC)cc2)cc(Cl)c1C(F)(F)F. The highest BCUT2D eigenvalue weighted by Crippen LogP contribution is 2.40. The Morgan fingerprint density at radius 1 is 0.919 bits per heavy atom. The van der Waals surface area contributed by atoms with E-state index in [9.17, 15) is 18.0 Å². The predicted molar refractivity (Wildman–Crippen MR) is 138 cm³/mol. The van der Waals surface area contributed by atoms with Crippen LogP contribution in [-0.2, 0) is 28.8 Å². The number of nitrogens with zero attached hydrogens (tertiary/aromatic N) is 1. The molecule has 0 aliphatic carbocycles. The Morgan fingerprint density at radius 3 is 1.86 bits per heavy atom. The predicted octanol–water partition coefficient (Wildman–Crippen LogP) is 7.16. The second-order valence-electron chi connectivity index (χ2n) is 8.03. The fraction of sp³-hybridized carbons (Fsp3) is 0.250. The van der Waals surface area contributed by atoms with Gasteiger partial charge in [0.1, 0.15) is 11.5 Å². The maximum absolute atomic E-state index is 13.9. The minimum absolute atomic E-state index is 0.105. The summed E-state index contributed by atoms with van der Waals surface area (Å²) in [6, 6.07) is 17.4. The number of alkyl halides is 3. The number of methoxy groups -OCH3 is 2. The molecule has 9 heteroatoms. The van der Waals surface area contributed by atoms with Gasteiger partial charge < -0.3 is 19.1 Å². The van der Waals surface area contributed by atoms with E-state index in [1.807, 2.05) is 53.4 Å². The van der Waals surface area contributed by atoms with Crippen LogP contribution in [0, 0.1) is 0 Å². The van der Waals surface area contributed by atoms with Crippen molar-refractivity contribution in [1.82, 2.24) is 0 Å². The van der Waals surface area contributed by atoms with Crippen LogP contribution in [0.15, 0.2) is 66.7 Å². The van der Waals surface area contributed by atoms with Crippen LogP contribution in [0.5, 0.6) is 11.5 Å². The first kappa shape index (κ1) is 27.9. The zero-order valence-electron chi connectivity index (χ0n) is 20.6. The van der Waals surface area contributed by atoms with Crippen molar-refractivity contribution in [3.8, 4) is 11.5 Å². The number of ether oxygens (including phenoxy) is 3. The lowest BCUT2D eigenvalue weighted by Crippen LogP contribution is -2.23. The van der Waals surface area contributed by atoms with Crippen LogP contribution in [0.25, 0.3) is 6.08 Å². The summed E-state index contributed by atoms with van der Waals surface area (Å²) in [5.41, 5.74) is 1.01. The fourth-order valence-electron chi connectivity index (χ4n) is 3.72. The Balaban J connectivity index is 2.07. The summed E-state index contributed by atoms with van der Waals surface area (Å²) in [6.07, 6.45) is -2.68. The van der Waals surface area contributed by atoms with E-state index in [2.05, 4.69) is 0 Å². The molecule has 196 valence electrons. The van der Waals surface area contributed by atoms with Gasteiger partial charge in [0, 0.05) is 24.9 Å². The molecule has 0 aliphatic heterocycles. The van der Waals surface area contributed by atoms with Gasteiger partial charge in [-0.3, -0.25) is 0 Å². The molecule has 3 aromatic carbocycles. The highest BCUT2D eigenvalue weighted by molar-refractivity contribution is 6.32. The molecule has 37 heavy (non-hydrogen) atoms. The third-order valence-corrected chi connectivity index (χ3v) is 5.80. The summed E-state index contributed by atoms with van der Waals surface area (Å²) in [7, 11) is 3.14. The smallest absolute Gasteiger partial charge is 0.418 e. The molecule has 5 nitrogen and oxygen atoms in total. The van der Waals surface area contributed by atoms with Gasteiger partial charge in [-0.1, -0.05) is 35.9 Å². The molecule has 0 radical (unpaired) electrons. The van der Waals surface area contributed by atoms with Crippen LogP contribution in [0.4, 0.5) is 18.9 Å². The van der Waals surface area contributed by atoms with Crippen molar-refractivity contribution >= 4 is 29.3 Å². The first-order chi connectivity index (χ1) is 17.6. The number of carbonyl (C=O) groups excluding carboxylic acids is 1. The van der Waals surface area contributed by atoms with Crippen molar-refractivity contribution in [3.05, 3.63) is 94.0 Å². The molecule has 3 aromatic rings. The highest BCUT2D eigenvalue weighted by atomic mass is 35.5. The Hall–Kier alpha value is -3.65. The average molecular weight is 534 g/mol. The Bertz CT molecular complexity index is 1180. The van der Waals surface area contributed by atoms with Gasteiger partial charge in [0.15, 0.2) is 0 Å². The van der Waals surface area contributed by atoms with Gasteiger partial charge in [-0.05, 0) is 66.1 Å². The van der Waals surface area contributed by atoms with Crippen LogP contribution in [0.3, 0.4) is 0 Å². The first-order valence-corrected chi connectivity index (χ1v) is 11.8. The molecule has 0 fully saturated rings. The van der Waals surface area contributed by atoms with Crippen LogP contribution in [0.2, 0.25) is 5.02 Å². The van der Waals surface area contributed by atoms with Crippen LogP contribution in [0.1, 0.15) is 29.2 Å². The molecule has 0 N–H and O–H groups in total. The average Bonchev–Trinajstić information content (AvgIpc) is 2.87. The standard InChI is InChI=1S/C28H27ClF3NO4/c1-4-37-26(34)14-9-21-15-22(16-25(29)27(21)28(30,31)32)33(17-19-5-10-23(35-2)11-6-19)18-20-7-12-24(36-3)13-8-20/h5-16H,4,17-18H2,1-3H3/b14-9+. The van der Waals surface area contributed by atoms with Crippen LogP contribution < -0.4 is 14.4 Å². The van der Waals surface area contributed by atoms with Crippen LogP contribution >= 0.6 is 11.6 Å². The number of hydrogen-bond donors (Lipinski definition) is 0. The van der Waals surface area contributed by atoms with Gasteiger partial charge in [-0.25, -0.2) is 4.79 Å². The number of esters is 1. The van der Waals surface area contributed by atoms with E-state index in [-0.39, 0.29) is 12.2 Å². The number of benzene rings is 3. The van der Waals surface area contributed by atoms with E-state index < -0.39 is 22.7 Å². The second-order valence-corrected chi connectivity index (χ2v) is 8.43. The molecule has 0 amide bonds. The topological polar surface area (TPSA) is 48.0 Å². The minimum Gasteiger partial charge on any atom is -0.497 e. The lowest BCUT2D eigenvalue weighted by atomic mass is 10.0. The number of carbonyl (C=O) groups is 1. The van der Waals surface area contributed by atoms with Gasteiger partial charge in [0.2, 0.25) is 0 Å². The molecule has 0 spiro atoms. The van der Waals surface area contributed by atoms with E-state index >= 15 is 0 Å². The van der Waals surface area contributed by atoms with Crippen molar-refractivity contribution in [1.29, 1.82) is 0 Å². The van der Waals surface area contributed by atoms with Gasteiger partial charge in [-0.15, -0.1) is 0 Å². The van der Waals surface area contributed by atoms with Crippen molar-refractivity contribution in [2.24, 2.45) is 0 Å². The van der Waals surface area contributed by atoms with E-state index in [0.717, 1.165) is 23.3 Å². The molecule has 0 aliphatic rings. The van der Waals surface area contributed by atoms with E-state index in [0.29, 0.717) is 30.3 Å². The molecule has 0 saturated carbocycles. The molecule has 0 heterocycles. The Morgan fingerprint density at radius 2 is 1.43 bits per heavy atom. The Labute approximate surface area is 219 Å². The molecule has 3 rings (SSSR count). The van der Waals surface area contributed by atoms with Crippen molar-refractivity contribution < 1.29 is 32.2 Å². The van der Waals surface area contributed by atoms with Crippen molar-refractivity contribution in [2.75, 3.05) is 25.7 Å². The number of anilines is 1. The monoisotopic (exact) mass is 533 g/mol. The molecule has 0 aromatic heterocycles. The molecule has 0 atom stereocenters. The third-order valence-electron chi connectivity index (χ3n) is 5.50. The molecular weight excluding hydrogens is 507 g/mol. The van der Waals surface area contributed by atoms with Gasteiger partial charge in [0.05, 0.1) is 31.4 Å². The quantitative estimate of drug-likeness (QED) is 0.204. The summed E-state index contributed by atoms with van der Waals surface area (Å²) in [5, 5.41) is -0.469. The van der Waals surface area contributed by atoms with Gasteiger partial charge in [-0.2, -0.15) is 13.2 Å². The minimum atomic E-state index is -4.72. The zero-order chi connectivity index (χ0) is 27.0. The summed E-state index contributed by atoms with van der Waals surface area (Å²) in [5.74, 6) is 0.634. The van der Waals surface area contributed by atoms with Gasteiger partial charge in [0.25, 0.3) is 0 Å².